The van der Waals surface area contributed by atoms with E-state index in [2.05, 4.69) is 31.1 Å². The number of amides is 1. The summed E-state index contributed by atoms with van der Waals surface area (Å²) in [7, 11) is 1.63. The molecule has 1 aromatic carbocycles. The van der Waals surface area contributed by atoms with Crippen molar-refractivity contribution in [3.05, 3.63) is 47.5 Å². The van der Waals surface area contributed by atoms with Crippen LogP contribution in [-0.2, 0) is 19.1 Å². The molecule has 0 aliphatic carbocycles. The zero-order valence-corrected chi connectivity index (χ0v) is 19.0. The first-order chi connectivity index (χ1) is 13.8. The summed E-state index contributed by atoms with van der Waals surface area (Å²) in [6, 6.07) is 4.08. The fourth-order valence-electron chi connectivity index (χ4n) is 2.52. The predicted octanol–water partition coefficient (Wildman–Crippen LogP) is 2.07. The van der Waals surface area contributed by atoms with Gasteiger partial charge in [-0.15, -0.1) is 34.2 Å². The third kappa shape index (κ3) is 7.80. The lowest BCUT2D eigenvalue weighted by Gasteiger charge is -2.13. The number of alkyl halides is 3. The number of carbonyl (C=O) groups excluding carboxylic acids is 1. The second-order valence-corrected chi connectivity index (χ2v) is 6.05. The van der Waals surface area contributed by atoms with E-state index in [4.69, 9.17) is 0 Å². The molecule has 0 atom stereocenters. The van der Waals surface area contributed by atoms with Crippen molar-refractivity contribution in [2.75, 3.05) is 26.7 Å². The Kier molecular flexibility index (Phi) is 10.6. The van der Waals surface area contributed by atoms with E-state index in [0.29, 0.717) is 25.6 Å². The number of rotatable bonds is 8. The minimum absolute atomic E-state index is 0. The normalized spacial score (nSPS) is 11.6. The topological polar surface area (TPSA) is 96.2 Å². The van der Waals surface area contributed by atoms with Crippen molar-refractivity contribution < 1.29 is 18.0 Å². The van der Waals surface area contributed by atoms with Crippen LogP contribution in [0.5, 0.6) is 0 Å². The van der Waals surface area contributed by atoms with Gasteiger partial charge in [0, 0.05) is 45.2 Å². The summed E-state index contributed by atoms with van der Waals surface area (Å²) in [6.45, 7) is 3.99. The van der Waals surface area contributed by atoms with Crippen LogP contribution >= 0.6 is 24.0 Å². The van der Waals surface area contributed by atoms with Crippen molar-refractivity contribution in [3.8, 4) is 0 Å². The number of aliphatic imine (C=N–C) groups is 1. The van der Waals surface area contributed by atoms with Gasteiger partial charge in [0.05, 0.1) is 5.56 Å². The molecule has 0 radical (unpaired) electrons. The van der Waals surface area contributed by atoms with Gasteiger partial charge in [0.1, 0.15) is 12.2 Å². The number of aryl methyl sites for hydroxylation is 1. The molecule has 0 saturated heterocycles. The van der Waals surface area contributed by atoms with Crippen LogP contribution in [0, 0.1) is 0 Å². The second kappa shape index (κ2) is 12.3. The average molecular weight is 539 g/mol. The summed E-state index contributed by atoms with van der Waals surface area (Å²) in [5.41, 5.74) is -0.621. The summed E-state index contributed by atoms with van der Waals surface area (Å²) in [6.07, 6.45) is -1.95. The highest BCUT2D eigenvalue weighted by Gasteiger charge is 2.30. The van der Waals surface area contributed by atoms with Crippen LogP contribution in [0.1, 0.15) is 28.7 Å². The first-order valence-electron chi connectivity index (χ1n) is 9.11. The van der Waals surface area contributed by atoms with E-state index in [-0.39, 0.29) is 36.1 Å². The molecular formula is C18H25F3IN7O. The third-order valence-corrected chi connectivity index (χ3v) is 4.06. The summed E-state index contributed by atoms with van der Waals surface area (Å²) in [5.74, 6) is 1.03. The number of nitrogens with zero attached hydrogens (tertiary/aromatic N) is 4. The molecule has 12 heteroatoms. The van der Waals surface area contributed by atoms with Crippen LogP contribution in [0.15, 0.2) is 35.6 Å². The molecule has 0 saturated carbocycles. The number of hydrogen-bond donors (Lipinski definition) is 3. The highest BCUT2D eigenvalue weighted by Crippen LogP contribution is 2.28. The largest absolute Gasteiger partial charge is 0.416 e. The standard InChI is InChI=1S/C18H24F3N7O.HI/c1-3-15-27-26-12-28(15)11-10-25-17(22-2)24-9-8-23-16(29)13-4-6-14(7-5-13)18(19,20)21;/h4-7,12H,3,8-11H2,1-2H3,(H,23,29)(H2,22,24,25);1H. The molecule has 0 unspecified atom stereocenters. The van der Waals surface area contributed by atoms with Gasteiger partial charge >= 0.3 is 6.18 Å². The second-order valence-electron chi connectivity index (χ2n) is 6.05. The molecule has 0 fully saturated rings. The molecular weight excluding hydrogens is 514 g/mol. The van der Waals surface area contributed by atoms with E-state index in [1.54, 1.807) is 13.4 Å². The van der Waals surface area contributed by atoms with E-state index in [1.807, 2.05) is 11.5 Å². The lowest BCUT2D eigenvalue weighted by molar-refractivity contribution is -0.137. The smallest absolute Gasteiger partial charge is 0.355 e. The molecule has 2 aromatic rings. The average Bonchev–Trinajstić information content (AvgIpc) is 3.16. The van der Waals surface area contributed by atoms with Crippen molar-refractivity contribution in [1.29, 1.82) is 0 Å². The molecule has 2 rings (SSSR count). The maximum atomic E-state index is 12.6. The fourth-order valence-corrected chi connectivity index (χ4v) is 2.52. The van der Waals surface area contributed by atoms with Gasteiger partial charge in [0.2, 0.25) is 0 Å². The van der Waals surface area contributed by atoms with Crippen molar-refractivity contribution in [3.63, 3.8) is 0 Å². The van der Waals surface area contributed by atoms with E-state index in [0.717, 1.165) is 36.5 Å². The van der Waals surface area contributed by atoms with E-state index >= 15 is 0 Å². The summed E-state index contributed by atoms with van der Waals surface area (Å²) in [4.78, 5) is 16.1. The molecule has 1 amide bonds. The fraction of sp³-hybridized carbons (Fsp3) is 0.444. The van der Waals surface area contributed by atoms with Crippen LogP contribution < -0.4 is 16.0 Å². The van der Waals surface area contributed by atoms with Crippen LogP contribution in [-0.4, -0.2) is 53.3 Å². The SMILES string of the molecule is CCc1nncn1CCNC(=NC)NCCNC(=O)c1ccc(C(F)(F)F)cc1.I. The number of carbonyl (C=O) groups is 1. The Hall–Kier alpha value is -2.38. The van der Waals surface area contributed by atoms with E-state index < -0.39 is 17.6 Å². The Balaban J connectivity index is 0.00000450. The van der Waals surface area contributed by atoms with Crippen LogP contribution in [0.3, 0.4) is 0 Å². The first kappa shape index (κ1) is 25.7. The number of aromatic nitrogens is 3. The van der Waals surface area contributed by atoms with Crippen molar-refractivity contribution in [2.45, 2.75) is 26.1 Å². The van der Waals surface area contributed by atoms with Crippen molar-refractivity contribution in [1.82, 2.24) is 30.7 Å². The lowest BCUT2D eigenvalue weighted by atomic mass is 10.1. The van der Waals surface area contributed by atoms with E-state index in [9.17, 15) is 18.0 Å². The highest BCUT2D eigenvalue weighted by molar-refractivity contribution is 14.0. The first-order valence-corrected chi connectivity index (χ1v) is 9.11. The van der Waals surface area contributed by atoms with Gasteiger partial charge in [0.15, 0.2) is 5.96 Å². The minimum atomic E-state index is -4.42. The van der Waals surface area contributed by atoms with Gasteiger partial charge < -0.3 is 20.5 Å². The highest BCUT2D eigenvalue weighted by atomic mass is 127. The Morgan fingerprint density at radius 1 is 1.10 bits per heavy atom. The van der Waals surface area contributed by atoms with Gasteiger partial charge in [-0.25, -0.2) is 0 Å². The molecule has 1 aromatic heterocycles. The van der Waals surface area contributed by atoms with E-state index in [1.165, 1.54) is 0 Å². The number of hydrogen-bond acceptors (Lipinski definition) is 4. The zero-order chi connectivity index (χ0) is 21.3. The van der Waals surface area contributed by atoms with Crippen LogP contribution in [0.25, 0.3) is 0 Å². The molecule has 0 spiro atoms. The molecule has 8 nitrogen and oxygen atoms in total. The lowest BCUT2D eigenvalue weighted by Crippen LogP contribution is -2.42. The van der Waals surface area contributed by atoms with Gasteiger partial charge in [-0.2, -0.15) is 13.2 Å². The number of halogens is 4. The summed E-state index contributed by atoms with van der Waals surface area (Å²) < 4.78 is 39.6. The van der Waals surface area contributed by atoms with Crippen LogP contribution in [0.2, 0.25) is 0 Å². The summed E-state index contributed by atoms with van der Waals surface area (Å²) >= 11 is 0. The molecule has 0 bridgehead atoms. The Morgan fingerprint density at radius 3 is 2.33 bits per heavy atom. The van der Waals surface area contributed by atoms with Gasteiger partial charge in [-0.05, 0) is 24.3 Å². The predicted molar refractivity (Wildman–Crippen MR) is 118 cm³/mol. The number of benzene rings is 1. The molecule has 0 aliphatic rings. The zero-order valence-electron chi connectivity index (χ0n) is 16.7. The van der Waals surface area contributed by atoms with Crippen molar-refractivity contribution >= 4 is 35.8 Å². The minimum Gasteiger partial charge on any atom is -0.355 e. The Bertz CT molecular complexity index is 822. The van der Waals surface area contributed by atoms with Gasteiger partial charge in [-0.1, -0.05) is 6.92 Å². The number of nitrogens with one attached hydrogen (secondary N) is 3. The maximum absolute atomic E-state index is 12.6. The van der Waals surface area contributed by atoms with Crippen LogP contribution in [0.4, 0.5) is 13.2 Å². The molecule has 30 heavy (non-hydrogen) atoms. The molecule has 166 valence electrons. The molecule has 1 heterocycles. The Labute approximate surface area is 189 Å². The van der Waals surface area contributed by atoms with Crippen molar-refractivity contribution in [2.24, 2.45) is 4.99 Å². The Morgan fingerprint density at radius 2 is 1.73 bits per heavy atom. The molecule has 0 aliphatic heterocycles. The summed E-state index contributed by atoms with van der Waals surface area (Å²) in [5, 5.41) is 16.7. The number of guanidine groups is 1. The third-order valence-electron chi connectivity index (χ3n) is 4.06. The van der Waals surface area contributed by atoms with Gasteiger partial charge in [-0.3, -0.25) is 9.79 Å². The monoisotopic (exact) mass is 539 g/mol. The van der Waals surface area contributed by atoms with Gasteiger partial charge in [0.25, 0.3) is 5.91 Å². The quantitative estimate of drug-likeness (QED) is 0.207. The molecule has 3 N–H and O–H groups in total. The maximum Gasteiger partial charge on any atom is 0.416 e.